The van der Waals surface area contributed by atoms with Crippen LogP contribution in [0.15, 0.2) is 22.7 Å². The first kappa shape index (κ1) is 17.6. The minimum Gasteiger partial charge on any atom is -0.310 e. The molecular formula is C17H27BrFN. The van der Waals surface area contributed by atoms with Crippen molar-refractivity contribution in [2.24, 2.45) is 0 Å². The lowest BCUT2D eigenvalue weighted by Gasteiger charge is -2.18. The molecule has 0 aliphatic carbocycles. The lowest BCUT2D eigenvalue weighted by Crippen LogP contribution is -2.21. The monoisotopic (exact) mass is 343 g/mol. The first-order valence-corrected chi connectivity index (χ1v) is 8.66. The highest BCUT2D eigenvalue weighted by Gasteiger charge is 2.11. The number of unbranched alkanes of at least 4 members (excludes halogenated alkanes) is 5. The van der Waals surface area contributed by atoms with Gasteiger partial charge in [-0.15, -0.1) is 0 Å². The lowest BCUT2D eigenvalue weighted by molar-refractivity contribution is 0.474. The number of rotatable bonds is 10. The van der Waals surface area contributed by atoms with E-state index in [9.17, 15) is 4.39 Å². The third kappa shape index (κ3) is 6.36. The Labute approximate surface area is 131 Å². The third-order valence-electron chi connectivity index (χ3n) is 3.64. The molecular weight excluding hydrogens is 317 g/mol. The van der Waals surface area contributed by atoms with Crippen molar-refractivity contribution in [2.45, 2.75) is 64.8 Å². The van der Waals surface area contributed by atoms with E-state index in [1.807, 2.05) is 6.07 Å². The summed E-state index contributed by atoms with van der Waals surface area (Å²) in [4.78, 5) is 0. The summed E-state index contributed by atoms with van der Waals surface area (Å²) < 4.78 is 14.2. The van der Waals surface area contributed by atoms with E-state index in [0.717, 1.165) is 18.5 Å². The summed E-state index contributed by atoms with van der Waals surface area (Å²) in [5.74, 6) is -0.173. The molecule has 1 unspecified atom stereocenters. The van der Waals surface area contributed by atoms with Gasteiger partial charge in [0.25, 0.3) is 0 Å². The molecule has 0 radical (unpaired) electrons. The van der Waals surface area contributed by atoms with Crippen molar-refractivity contribution < 1.29 is 4.39 Å². The molecule has 1 N–H and O–H groups in total. The summed E-state index contributed by atoms with van der Waals surface area (Å²) in [5, 5.41) is 3.47. The standard InChI is InChI=1S/C17H27BrFN/c1-3-5-6-7-8-9-10-17(20-4-2)14-11-12-15(18)16(19)13-14/h11-13,17,20H,3-10H2,1-2H3. The van der Waals surface area contributed by atoms with Gasteiger partial charge in [-0.2, -0.15) is 0 Å². The molecule has 114 valence electrons. The Morgan fingerprint density at radius 1 is 1.10 bits per heavy atom. The summed E-state index contributed by atoms with van der Waals surface area (Å²) in [6.45, 7) is 5.25. The maximum Gasteiger partial charge on any atom is 0.137 e. The molecule has 1 aromatic rings. The third-order valence-corrected chi connectivity index (χ3v) is 4.29. The molecule has 1 atom stereocenters. The number of halogens is 2. The van der Waals surface area contributed by atoms with Crippen LogP contribution in [0, 0.1) is 5.82 Å². The number of hydrogen-bond donors (Lipinski definition) is 1. The lowest BCUT2D eigenvalue weighted by atomic mass is 9.99. The van der Waals surface area contributed by atoms with Crippen molar-refractivity contribution >= 4 is 15.9 Å². The predicted octanol–water partition coefficient (Wildman–Crippen LogP) is 5.99. The quantitative estimate of drug-likeness (QED) is 0.514. The van der Waals surface area contributed by atoms with Gasteiger partial charge in [-0.1, -0.05) is 58.4 Å². The van der Waals surface area contributed by atoms with Crippen LogP contribution in [0.3, 0.4) is 0 Å². The smallest absolute Gasteiger partial charge is 0.137 e. The molecule has 1 nitrogen and oxygen atoms in total. The Morgan fingerprint density at radius 3 is 2.45 bits per heavy atom. The number of nitrogens with one attached hydrogen (secondary N) is 1. The zero-order valence-electron chi connectivity index (χ0n) is 12.7. The molecule has 0 fully saturated rings. The van der Waals surface area contributed by atoms with Crippen LogP contribution in [-0.4, -0.2) is 6.54 Å². The van der Waals surface area contributed by atoms with Gasteiger partial charge in [0.2, 0.25) is 0 Å². The summed E-state index contributed by atoms with van der Waals surface area (Å²) in [7, 11) is 0. The summed E-state index contributed by atoms with van der Waals surface area (Å²) in [5.41, 5.74) is 1.06. The minimum atomic E-state index is -0.173. The van der Waals surface area contributed by atoms with E-state index >= 15 is 0 Å². The molecule has 0 amide bonds. The van der Waals surface area contributed by atoms with Crippen LogP contribution < -0.4 is 5.32 Å². The second kappa shape index (κ2) is 10.3. The van der Waals surface area contributed by atoms with Crippen molar-refractivity contribution in [1.29, 1.82) is 0 Å². The molecule has 0 aliphatic rings. The van der Waals surface area contributed by atoms with Crippen LogP contribution in [0.4, 0.5) is 4.39 Å². The van der Waals surface area contributed by atoms with E-state index in [2.05, 4.69) is 35.1 Å². The average Bonchev–Trinajstić information content (AvgIpc) is 2.44. The molecule has 20 heavy (non-hydrogen) atoms. The molecule has 0 saturated heterocycles. The van der Waals surface area contributed by atoms with Gasteiger partial charge in [0.15, 0.2) is 0 Å². The fourth-order valence-corrected chi connectivity index (χ4v) is 2.74. The number of benzene rings is 1. The highest BCUT2D eigenvalue weighted by Crippen LogP contribution is 2.24. The van der Waals surface area contributed by atoms with Gasteiger partial charge in [-0.25, -0.2) is 4.39 Å². The van der Waals surface area contributed by atoms with Crippen molar-refractivity contribution in [1.82, 2.24) is 5.32 Å². The average molecular weight is 344 g/mol. The Morgan fingerprint density at radius 2 is 1.80 bits per heavy atom. The molecule has 0 aliphatic heterocycles. The van der Waals surface area contributed by atoms with E-state index in [-0.39, 0.29) is 11.9 Å². The van der Waals surface area contributed by atoms with Crippen molar-refractivity contribution in [3.05, 3.63) is 34.1 Å². The predicted molar refractivity (Wildman–Crippen MR) is 88.5 cm³/mol. The molecule has 1 aromatic carbocycles. The molecule has 0 bridgehead atoms. The Hall–Kier alpha value is -0.410. The largest absolute Gasteiger partial charge is 0.310 e. The van der Waals surface area contributed by atoms with Crippen LogP contribution in [0.25, 0.3) is 0 Å². The van der Waals surface area contributed by atoms with Crippen LogP contribution in [-0.2, 0) is 0 Å². The SMILES string of the molecule is CCCCCCCCC(NCC)c1ccc(Br)c(F)c1. The Bertz CT molecular complexity index is 381. The molecule has 1 rings (SSSR count). The molecule has 0 spiro atoms. The van der Waals surface area contributed by atoms with E-state index in [0.29, 0.717) is 4.47 Å². The van der Waals surface area contributed by atoms with Gasteiger partial charge < -0.3 is 5.32 Å². The van der Waals surface area contributed by atoms with Crippen molar-refractivity contribution in [3.63, 3.8) is 0 Å². The molecule has 0 heterocycles. The molecule has 0 aromatic heterocycles. The van der Waals surface area contributed by atoms with E-state index in [4.69, 9.17) is 0 Å². The second-order valence-electron chi connectivity index (χ2n) is 5.34. The topological polar surface area (TPSA) is 12.0 Å². The first-order valence-electron chi connectivity index (χ1n) is 7.87. The second-order valence-corrected chi connectivity index (χ2v) is 6.19. The minimum absolute atomic E-state index is 0.173. The maximum atomic E-state index is 13.6. The van der Waals surface area contributed by atoms with E-state index in [1.54, 1.807) is 12.1 Å². The summed E-state index contributed by atoms with van der Waals surface area (Å²) in [6, 6.07) is 5.73. The molecule has 0 saturated carbocycles. The molecule has 3 heteroatoms. The van der Waals surface area contributed by atoms with Gasteiger partial charge in [-0.3, -0.25) is 0 Å². The van der Waals surface area contributed by atoms with Crippen LogP contribution >= 0.6 is 15.9 Å². The van der Waals surface area contributed by atoms with Crippen LogP contribution in [0.2, 0.25) is 0 Å². The van der Waals surface area contributed by atoms with Gasteiger partial charge in [-0.05, 0) is 46.6 Å². The normalized spacial score (nSPS) is 12.6. The maximum absolute atomic E-state index is 13.6. The van der Waals surface area contributed by atoms with Gasteiger partial charge in [0.1, 0.15) is 5.82 Å². The Kier molecular flexibility index (Phi) is 9.12. The number of hydrogen-bond acceptors (Lipinski definition) is 1. The van der Waals surface area contributed by atoms with Gasteiger partial charge >= 0.3 is 0 Å². The van der Waals surface area contributed by atoms with E-state index < -0.39 is 0 Å². The first-order chi connectivity index (χ1) is 9.69. The zero-order chi connectivity index (χ0) is 14.8. The van der Waals surface area contributed by atoms with Crippen molar-refractivity contribution in [3.8, 4) is 0 Å². The fourth-order valence-electron chi connectivity index (χ4n) is 2.49. The van der Waals surface area contributed by atoms with E-state index in [1.165, 1.54) is 38.5 Å². The van der Waals surface area contributed by atoms with Gasteiger partial charge in [0, 0.05) is 6.04 Å². The fraction of sp³-hybridized carbons (Fsp3) is 0.647. The van der Waals surface area contributed by atoms with Gasteiger partial charge in [0.05, 0.1) is 4.47 Å². The van der Waals surface area contributed by atoms with Crippen molar-refractivity contribution in [2.75, 3.05) is 6.54 Å². The van der Waals surface area contributed by atoms with Crippen LogP contribution in [0.1, 0.15) is 70.4 Å². The Balaban J connectivity index is 2.45. The highest BCUT2D eigenvalue weighted by atomic mass is 79.9. The van der Waals surface area contributed by atoms with Crippen LogP contribution in [0.5, 0.6) is 0 Å². The highest BCUT2D eigenvalue weighted by molar-refractivity contribution is 9.10. The summed E-state index contributed by atoms with van der Waals surface area (Å²) in [6.07, 6.45) is 8.87. The summed E-state index contributed by atoms with van der Waals surface area (Å²) >= 11 is 3.21. The zero-order valence-corrected chi connectivity index (χ0v) is 14.3.